The summed E-state index contributed by atoms with van der Waals surface area (Å²) in [5, 5.41) is 13.3. The predicted octanol–water partition coefficient (Wildman–Crippen LogP) is 2.98. The SMILES string of the molecule is O=C1CN(C(=O)COc2ccc([N+](=O)[O-])cc2C(F)(F)F)c2ccccc2N1. The number of alkyl halides is 3. The van der Waals surface area contributed by atoms with Gasteiger partial charge in [0.1, 0.15) is 17.9 Å². The largest absolute Gasteiger partial charge is 0.483 e. The maximum atomic E-state index is 13.2. The second-order valence-corrected chi connectivity index (χ2v) is 5.77. The van der Waals surface area contributed by atoms with Gasteiger partial charge in [0.05, 0.1) is 16.3 Å². The van der Waals surface area contributed by atoms with Crippen LogP contribution in [0.5, 0.6) is 5.75 Å². The van der Waals surface area contributed by atoms with Crippen LogP contribution in [0, 0.1) is 10.1 Å². The van der Waals surface area contributed by atoms with Gasteiger partial charge >= 0.3 is 6.18 Å². The van der Waals surface area contributed by atoms with E-state index in [4.69, 9.17) is 4.74 Å². The molecule has 2 amide bonds. The number of benzene rings is 2. The Morgan fingerprint density at radius 3 is 2.64 bits per heavy atom. The third-order valence-corrected chi connectivity index (χ3v) is 3.90. The molecule has 0 saturated carbocycles. The van der Waals surface area contributed by atoms with Crippen molar-refractivity contribution < 1.29 is 32.4 Å². The summed E-state index contributed by atoms with van der Waals surface area (Å²) in [4.78, 5) is 35.0. The summed E-state index contributed by atoms with van der Waals surface area (Å²) >= 11 is 0. The lowest BCUT2D eigenvalue weighted by Gasteiger charge is -2.29. The third kappa shape index (κ3) is 3.87. The van der Waals surface area contributed by atoms with Gasteiger partial charge in [-0.2, -0.15) is 13.2 Å². The van der Waals surface area contributed by atoms with Crippen LogP contribution in [-0.2, 0) is 15.8 Å². The lowest BCUT2D eigenvalue weighted by Crippen LogP contribution is -2.44. The molecule has 0 unspecified atom stereocenters. The lowest BCUT2D eigenvalue weighted by atomic mass is 10.1. The van der Waals surface area contributed by atoms with Crippen LogP contribution in [-0.4, -0.2) is 29.9 Å². The molecule has 2 aromatic carbocycles. The number of hydrogen-bond donors (Lipinski definition) is 1. The minimum absolute atomic E-state index is 0.314. The Morgan fingerprint density at radius 2 is 1.96 bits per heavy atom. The van der Waals surface area contributed by atoms with E-state index in [1.54, 1.807) is 24.3 Å². The fraction of sp³-hybridized carbons (Fsp3) is 0.176. The van der Waals surface area contributed by atoms with Gasteiger partial charge in [-0.05, 0) is 18.2 Å². The maximum absolute atomic E-state index is 13.2. The number of nitro benzene ring substituents is 1. The molecule has 0 aliphatic carbocycles. The smallest absolute Gasteiger partial charge is 0.420 e. The molecule has 1 aliphatic rings. The summed E-state index contributed by atoms with van der Waals surface area (Å²) in [5.41, 5.74) is -1.35. The van der Waals surface area contributed by atoms with Crippen molar-refractivity contribution in [2.75, 3.05) is 23.4 Å². The minimum Gasteiger partial charge on any atom is -0.483 e. The molecule has 0 atom stereocenters. The number of nitrogens with zero attached hydrogens (tertiary/aromatic N) is 2. The van der Waals surface area contributed by atoms with Crippen molar-refractivity contribution in [1.82, 2.24) is 0 Å². The molecule has 1 heterocycles. The molecular formula is C17H12F3N3O5. The number of carbonyl (C=O) groups is 2. The fourth-order valence-electron chi connectivity index (χ4n) is 2.65. The molecule has 0 saturated heterocycles. The van der Waals surface area contributed by atoms with E-state index in [2.05, 4.69) is 5.32 Å². The van der Waals surface area contributed by atoms with Gasteiger partial charge in [-0.1, -0.05) is 12.1 Å². The van der Waals surface area contributed by atoms with Crippen LogP contribution in [0.1, 0.15) is 5.56 Å². The number of non-ortho nitro benzene ring substituents is 1. The van der Waals surface area contributed by atoms with Gasteiger partial charge in [0.15, 0.2) is 6.61 Å². The topological polar surface area (TPSA) is 102 Å². The zero-order chi connectivity index (χ0) is 20.5. The molecule has 0 radical (unpaired) electrons. The molecular weight excluding hydrogens is 383 g/mol. The van der Waals surface area contributed by atoms with Gasteiger partial charge in [0.2, 0.25) is 5.91 Å². The van der Waals surface area contributed by atoms with Gasteiger partial charge in [-0.25, -0.2) is 0 Å². The molecule has 2 aromatic rings. The van der Waals surface area contributed by atoms with E-state index in [0.717, 1.165) is 17.0 Å². The summed E-state index contributed by atoms with van der Waals surface area (Å²) in [7, 11) is 0. The van der Waals surface area contributed by atoms with E-state index in [0.29, 0.717) is 17.4 Å². The molecule has 8 nitrogen and oxygen atoms in total. The lowest BCUT2D eigenvalue weighted by molar-refractivity contribution is -0.385. The number of amides is 2. The number of rotatable bonds is 4. The first-order chi connectivity index (χ1) is 13.2. The van der Waals surface area contributed by atoms with Crippen LogP contribution in [0.4, 0.5) is 30.2 Å². The van der Waals surface area contributed by atoms with Gasteiger partial charge in [-0.3, -0.25) is 24.6 Å². The number of fused-ring (bicyclic) bond motifs is 1. The number of nitrogens with one attached hydrogen (secondary N) is 1. The molecule has 11 heteroatoms. The monoisotopic (exact) mass is 395 g/mol. The summed E-state index contributed by atoms with van der Waals surface area (Å²) in [6, 6.07) is 8.39. The second-order valence-electron chi connectivity index (χ2n) is 5.77. The van der Waals surface area contributed by atoms with Crippen LogP contribution in [0.2, 0.25) is 0 Å². The quantitative estimate of drug-likeness (QED) is 0.634. The van der Waals surface area contributed by atoms with Crippen LogP contribution in [0.15, 0.2) is 42.5 Å². The highest BCUT2D eigenvalue weighted by molar-refractivity contribution is 6.10. The van der Waals surface area contributed by atoms with E-state index in [1.807, 2.05) is 0 Å². The van der Waals surface area contributed by atoms with Crippen molar-refractivity contribution >= 4 is 28.9 Å². The second kappa shape index (κ2) is 7.18. The third-order valence-electron chi connectivity index (χ3n) is 3.90. The van der Waals surface area contributed by atoms with Crippen LogP contribution in [0.3, 0.4) is 0 Å². The van der Waals surface area contributed by atoms with Crippen molar-refractivity contribution in [3.05, 3.63) is 58.1 Å². The van der Waals surface area contributed by atoms with Crippen LogP contribution >= 0.6 is 0 Å². The molecule has 146 valence electrons. The van der Waals surface area contributed by atoms with Crippen molar-refractivity contribution in [3.63, 3.8) is 0 Å². The highest BCUT2D eigenvalue weighted by Gasteiger charge is 2.36. The number of nitro groups is 1. The van der Waals surface area contributed by atoms with Crippen molar-refractivity contribution in [2.45, 2.75) is 6.18 Å². The van der Waals surface area contributed by atoms with E-state index in [-0.39, 0.29) is 6.54 Å². The number of hydrogen-bond acceptors (Lipinski definition) is 5. The molecule has 28 heavy (non-hydrogen) atoms. The van der Waals surface area contributed by atoms with Gasteiger partial charge < -0.3 is 10.1 Å². The van der Waals surface area contributed by atoms with E-state index in [9.17, 15) is 32.9 Å². The molecule has 0 aromatic heterocycles. The fourth-order valence-corrected chi connectivity index (χ4v) is 2.65. The number of anilines is 2. The Labute approximate surface area is 155 Å². The first-order valence-electron chi connectivity index (χ1n) is 7.84. The summed E-state index contributed by atoms with van der Waals surface area (Å²) in [6.07, 6.45) is -4.91. The van der Waals surface area contributed by atoms with Gasteiger partial charge in [0, 0.05) is 12.1 Å². The summed E-state index contributed by atoms with van der Waals surface area (Å²) < 4.78 is 44.5. The first-order valence-corrected chi connectivity index (χ1v) is 7.84. The van der Waals surface area contributed by atoms with Gasteiger partial charge in [0.25, 0.3) is 11.6 Å². The number of ether oxygens (including phenoxy) is 1. The normalized spacial score (nSPS) is 13.5. The first kappa shape index (κ1) is 19.1. The van der Waals surface area contributed by atoms with Crippen LogP contribution in [0.25, 0.3) is 0 Å². The minimum atomic E-state index is -4.91. The highest BCUT2D eigenvalue weighted by Crippen LogP contribution is 2.38. The van der Waals surface area contributed by atoms with Gasteiger partial charge in [-0.15, -0.1) is 0 Å². The van der Waals surface area contributed by atoms with Crippen molar-refractivity contribution in [3.8, 4) is 5.75 Å². The van der Waals surface area contributed by atoms with Crippen molar-refractivity contribution in [1.29, 1.82) is 0 Å². The molecule has 0 fully saturated rings. The predicted molar refractivity (Wildman–Crippen MR) is 91.0 cm³/mol. The Kier molecular flexibility index (Phi) is 4.91. The number of halogens is 3. The molecule has 0 spiro atoms. The Hall–Kier alpha value is -3.63. The highest BCUT2D eigenvalue weighted by atomic mass is 19.4. The number of carbonyl (C=O) groups excluding carboxylic acids is 2. The van der Waals surface area contributed by atoms with E-state index in [1.165, 1.54) is 0 Å². The average molecular weight is 395 g/mol. The maximum Gasteiger partial charge on any atom is 0.420 e. The zero-order valence-corrected chi connectivity index (χ0v) is 14.0. The standard InChI is InChI=1S/C17H12F3N3O5/c18-17(19,20)11-7-10(23(26)27)5-6-14(11)28-9-16(25)22-8-15(24)21-12-3-1-2-4-13(12)22/h1-7H,8-9H2,(H,21,24). The molecule has 1 N–H and O–H groups in total. The van der Waals surface area contributed by atoms with E-state index < -0.39 is 46.5 Å². The van der Waals surface area contributed by atoms with Crippen molar-refractivity contribution in [2.24, 2.45) is 0 Å². The molecule has 3 rings (SSSR count). The molecule has 0 bridgehead atoms. The Morgan fingerprint density at radius 1 is 1.25 bits per heavy atom. The van der Waals surface area contributed by atoms with Crippen LogP contribution < -0.4 is 15.0 Å². The average Bonchev–Trinajstić information content (AvgIpc) is 2.64. The summed E-state index contributed by atoms with van der Waals surface area (Å²) in [5.74, 6) is -1.92. The van der Waals surface area contributed by atoms with E-state index >= 15 is 0 Å². The Balaban J connectivity index is 1.82. The molecule has 1 aliphatic heterocycles. The Bertz CT molecular complexity index is 961. The number of para-hydroxylation sites is 2. The summed E-state index contributed by atoms with van der Waals surface area (Å²) in [6.45, 7) is -1.10. The zero-order valence-electron chi connectivity index (χ0n) is 14.0.